The molecule has 146 valence electrons. The first-order valence-electron chi connectivity index (χ1n) is 9.11. The number of methoxy groups -OCH3 is 2. The van der Waals surface area contributed by atoms with E-state index in [9.17, 15) is 4.39 Å². The Morgan fingerprint density at radius 2 is 1.66 bits per heavy atom. The number of para-hydroxylation sites is 1. The third-order valence-electron chi connectivity index (χ3n) is 4.70. The lowest BCUT2D eigenvalue weighted by molar-refractivity contribution is 0.355. The molecule has 0 unspecified atom stereocenters. The molecular weight excluding hydrogens is 369 g/mol. The lowest BCUT2D eigenvalue weighted by atomic mass is 10.1. The van der Waals surface area contributed by atoms with Gasteiger partial charge < -0.3 is 14.8 Å². The molecule has 1 N–H and O–H groups in total. The molecular formula is C23H20FN3O2. The third kappa shape index (κ3) is 3.69. The van der Waals surface area contributed by atoms with E-state index in [0.717, 1.165) is 22.0 Å². The maximum absolute atomic E-state index is 13.8. The standard InChI is InChI=1S/C23H20FN3O2/c1-14-8-10-16(24)13-19(14)26-23-17-6-4-5-7-18(17)25-22(27-23)15-9-11-20(28-2)21(12-15)29-3/h4-13H,1-3H3,(H,25,26,27). The number of nitrogens with one attached hydrogen (secondary N) is 1. The van der Waals surface area contributed by atoms with E-state index in [1.165, 1.54) is 12.1 Å². The Hall–Kier alpha value is -3.67. The Morgan fingerprint density at radius 3 is 2.45 bits per heavy atom. The van der Waals surface area contributed by atoms with Crippen molar-refractivity contribution in [1.29, 1.82) is 0 Å². The second-order valence-electron chi connectivity index (χ2n) is 6.57. The van der Waals surface area contributed by atoms with Gasteiger partial charge in [-0.1, -0.05) is 18.2 Å². The normalized spacial score (nSPS) is 10.8. The van der Waals surface area contributed by atoms with E-state index in [-0.39, 0.29) is 5.82 Å². The molecule has 0 atom stereocenters. The summed E-state index contributed by atoms with van der Waals surface area (Å²) in [6.07, 6.45) is 0. The van der Waals surface area contributed by atoms with Crippen molar-refractivity contribution in [1.82, 2.24) is 9.97 Å². The Balaban J connectivity index is 1.86. The lowest BCUT2D eigenvalue weighted by Crippen LogP contribution is -2.01. The van der Waals surface area contributed by atoms with Gasteiger partial charge in [0.15, 0.2) is 17.3 Å². The SMILES string of the molecule is COc1ccc(-c2nc(Nc3cc(F)ccc3C)c3ccccc3n2)cc1OC. The molecule has 4 rings (SSSR count). The molecule has 1 aromatic heterocycles. The van der Waals surface area contributed by atoms with Crippen molar-refractivity contribution < 1.29 is 13.9 Å². The fourth-order valence-corrected chi connectivity index (χ4v) is 3.13. The molecule has 6 heteroatoms. The highest BCUT2D eigenvalue weighted by molar-refractivity contribution is 5.92. The van der Waals surface area contributed by atoms with Crippen LogP contribution in [0.3, 0.4) is 0 Å². The molecule has 0 aliphatic rings. The van der Waals surface area contributed by atoms with Crippen molar-refractivity contribution in [2.45, 2.75) is 6.92 Å². The van der Waals surface area contributed by atoms with E-state index in [1.54, 1.807) is 20.3 Å². The topological polar surface area (TPSA) is 56.3 Å². The first kappa shape index (κ1) is 18.7. The molecule has 5 nitrogen and oxygen atoms in total. The van der Waals surface area contributed by atoms with Crippen LogP contribution < -0.4 is 14.8 Å². The van der Waals surface area contributed by atoms with Gasteiger partial charge in [-0.2, -0.15) is 0 Å². The summed E-state index contributed by atoms with van der Waals surface area (Å²) in [5.41, 5.74) is 3.14. The number of rotatable bonds is 5. The summed E-state index contributed by atoms with van der Waals surface area (Å²) in [6.45, 7) is 1.92. The number of halogens is 1. The Bertz CT molecular complexity index is 1190. The average molecular weight is 389 g/mol. The van der Waals surface area contributed by atoms with E-state index in [2.05, 4.69) is 5.32 Å². The highest BCUT2D eigenvalue weighted by atomic mass is 19.1. The second-order valence-corrected chi connectivity index (χ2v) is 6.57. The van der Waals surface area contributed by atoms with Crippen LogP contribution in [0.1, 0.15) is 5.56 Å². The number of aryl methyl sites for hydroxylation is 1. The molecule has 0 saturated heterocycles. The van der Waals surface area contributed by atoms with Gasteiger partial charge in [-0.15, -0.1) is 0 Å². The quantitative estimate of drug-likeness (QED) is 0.488. The van der Waals surface area contributed by atoms with Crippen LogP contribution in [-0.4, -0.2) is 24.2 Å². The number of hydrogen-bond donors (Lipinski definition) is 1. The zero-order valence-corrected chi connectivity index (χ0v) is 16.4. The minimum Gasteiger partial charge on any atom is -0.493 e. The summed E-state index contributed by atoms with van der Waals surface area (Å²) in [4.78, 5) is 9.42. The summed E-state index contributed by atoms with van der Waals surface area (Å²) in [7, 11) is 3.18. The number of anilines is 2. The van der Waals surface area contributed by atoms with Crippen LogP contribution in [-0.2, 0) is 0 Å². The van der Waals surface area contributed by atoms with Crippen molar-refractivity contribution in [2.24, 2.45) is 0 Å². The largest absolute Gasteiger partial charge is 0.493 e. The zero-order valence-electron chi connectivity index (χ0n) is 16.4. The van der Waals surface area contributed by atoms with E-state index in [0.29, 0.717) is 28.8 Å². The number of benzene rings is 3. The van der Waals surface area contributed by atoms with Crippen LogP contribution in [0.2, 0.25) is 0 Å². The number of nitrogens with zero attached hydrogens (tertiary/aromatic N) is 2. The molecule has 0 bridgehead atoms. The average Bonchev–Trinajstić information content (AvgIpc) is 2.75. The van der Waals surface area contributed by atoms with Crippen molar-refractivity contribution in [2.75, 3.05) is 19.5 Å². The maximum atomic E-state index is 13.8. The van der Waals surface area contributed by atoms with Gasteiger partial charge in [0.1, 0.15) is 11.6 Å². The second kappa shape index (κ2) is 7.75. The van der Waals surface area contributed by atoms with Crippen molar-refractivity contribution in [3.05, 3.63) is 72.0 Å². The molecule has 0 fully saturated rings. The van der Waals surface area contributed by atoms with Crippen LogP contribution in [0.4, 0.5) is 15.9 Å². The van der Waals surface area contributed by atoms with Crippen molar-refractivity contribution in [3.8, 4) is 22.9 Å². The molecule has 1 heterocycles. The predicted molar refractivity (Wildman–Crippen MR) is 112 cm³/mol. The third-order valence-corrected chi connectivity index (χ3v) is 4.70. The number of hydrogen-bond acceptors (Lipinski definition) is 5. The zero-order chi connectivity index (χ0) is 20.4. The predicted octanol–water partition coefficient (Wildman–Crippen LogP) is 5.51. The molecule has 0 amide bonds. The highest BCUT2D eigenvalue weighted by Gasteiger charge is 2.13. The molecule has 0 aliphatic heterocycles. The molecule has 0 saturated carbocycles. The Kier molecular flexibility index (Phi) is 4.99. The summed E-state index contributed by atoms with van der Waals surface area (Å²) in [5, 5.41) is 4.12. The summed E-state index contributed by atoms with van der Waals surface area (Å²) < 4.78 is 24.5. The number of fused-ring (bicyclic) bond motifs is 1. The van der Waals surface area contributed by atoms with Gasteiger partial charge in [-0.05, 0) is 55.0 Å². The fraction of sp³-hybridized carbons (Fsp3) is 0.130. The van der Waals surface area contributed by atoms with Crippen LogP contribution >= 0.6 is 0 Å². The van der Waals surface area contributed by atoms with Crippen molar-refractivity contribution in [3.63, 3.8) is 0 Å². The summed E-state index contributed by atoms with van der Waals surface area (Å²) >= 11 is 0. The van der Waals surface area contributed by atoms with Crippen LogP contribution in [0.5, 0.6) is 11.5 Å². The van der Waals surface area contributed by atoms with Gasteiger partial charge in [0, 0.05) is 16.6 Å². The molecule has 0 spiro atoms. The smallest absolute Gasteiger partial charge is 0.162 e. The van der Waals surface area contributed by atoms with Gasteiger partial charge >= 0.3 is 0 Å². The Morgan fingerprint density at radius 1 is 0.862 bits per heavy atom. The van der Waals surface area contributed by atoms with Gasteiger partial charge in [0.05, 0.1) is 19.7 Å². The number of ether oxygens (including phenoxy) is 2. The van der Waals surface area contributed by atoms with Crippen LogP contribution in [0.15, 0.2) is 60.7 Å². The Labute approximate surface area is 168 Å². The highest BCUT2D eigenvalue weighted by Crippen LogP contribution is 2.33. The minimum absolute atomic E-state index is 0.309. The first-order chi connectivity index (χ1) is 14.1. The molecule has 0 aliphatic carbocycles. The van der Waals surface area contributed by atoms with Gasteiger partial charge in [0.25, 0.3) is 0 Å². The summed E-state index contributed by atoms with van der Waals surface area (Å²) in [5.74, 6) is 2.05. The minimum atomic E-state index is -0.309. The van der Waals surface area contributed by atoms with E-state index < -0.39 is 0 Å². The van der Waals surface area contributed by atoms with Crippen LogP contribution in [0, 0.1) is 12.7 Å². The van der Waals surface area contributed by atoms with Gasteiger partial charge in [-0.3, -0.25) is 0 Å². The molecule has 4 aromatic rings. The maximum Gasteiger partial charge on any atom is 0.162 e. The van der Waals surface area contributed by atoms with Crippen LogP contribution in [0.25, 0.3) is 22.3 Å². The lowest BCUT2D eigenvalue weighted by Gasteiger charge is -2.14. The molecule has 29 heavy (non-hydrogen) atoms. The molecule has 0 radical (unpaired) electrons. The fourth-order valence-electron chi connectivity index (χ4n) is 3.13. The van der Waals surface area contributed by atoms with E-state index >= 15 is 0 Å². The molecule has 3 aromatic carbocycles. The van der Waals surface area contributed by atoms with Crippen molar-refractivity contribution >= 4 is 22.4 Å². The first-order valence-corrected chi connectivity index (χ1v) is 9.11. The number of aromatic nitrogens is 2. The van der Waals surface area contributed by atoms with E-state index in [1.807, 2.05) is 49.4 Å². The van der Waals surface area contributed by atoms with Gasteiger partial charge in [0.2, 0.25) is 0 Å². The monoisotopic (exact) mass is 389 g/mol. The van der Waals surface area contributed by atoms with Gasteiger partial charge in [-0.25, -0.2) is 14.4 Å². The van der Waals surface area contributed by atoms with E-state index in [4.69, 9.17) is 19.4 Å². The summed E-state index contributed by atoms with van der Waals surface area (Å²) in [6, 6.07) is 17.9.